The van der Waals surface area contributed by atoms with Gasteiger partial charge in [0.1, 0.15) is 11.4 Å². The van der Waals surface area contributed by atoms with Crippen molar-refractivity contribution in [3.8, 4) is 5.75 Å². The zero-order valence-corrected chi connectivity index (χ0v) is 19.7. The van der Waals surface area contributed by atoms with Gasteiger partial charge in [0.2, 0.25) is 15.9 Å². The van der Waals surface area contributed by atoms with Crippen LogP contribution < -0.4 is 14.8 Å². The quantitative estimate of drug-likeness (QED) is 0.572. The van der Waals surface area contributed by atoms with Crippen LogP contribution in [0.3, 0.4) is 0 Å². The van der Waals surface area contributed by atoms with Gasteiger partial charge in [-0.1, -0.05) is 29.8 Å². The summed E-state index contributed by atoms with van der Waals surface area (Å²) in [5.74, 6) is 0.502. The Balaban J connectivity index is 1.52. The number of benzene rings is 2. The predicted molar refractivity (Wildman–Crippen MR) is 127 cm³/mol. The minimum Gasteiger partial charge on any atom is -0.487 e. The third-order valence-electron chi connectivity index (χ3n) is 6.08. The van der Waals surface area contributed by atoms with Crippen LogP contribution in [0.5, 0.6) is 5.75 Å². The second-order valence-corrected chi connectivity index (χ2v) is 11.4. The van der Waals surface area contributed by atoms with Gasteiger partial charge in [-0.25, -0.2) is 8.42 Å². The van der Waals surface area contributed by atoms with Gasteiger partial charge in [0, 0.05) is 23.1 Å². The monoisotopic (exact) mass is 474 g/mol. The normalized spacial score (nSPS) is 19.3. The first-order valence-electron chi connectivity index (χ1n) is 10.8. The molecule has 1 amide bonds. The van der Waals surface area contributed by atoms with Gasteiger partial charge in [-0.05, 0) is 69.0 Å². The minimum absolute atomic E-state index is 0.204. The molecule has 1 spiro atoms. The maximum Gasteiger partial charge on any atom is 0.244 e. The van der Waals surface area contributed by atoms with Gasteiger partial charge in [0.05, 0.1) is 17.0 Å². The Labute approximate surface area is 194 Å². The van der Waals surface area contributed by atoms with Crippen LogP contribution in [0.1, 0.15) is 56.7 Å². The van der Waals surface area contributed by atoms with Crippen molar-refractivity contribution in [3.05, 3.63) is 64.7 Å². The summed E-state index contributed by atoms with van der Waals surface area (Å²) in [5.41, 5.74) is 1.70. The lowest BCUT2D eigenvalue weighted by Gasteiger charge is -2.48. The van der Waals surface area contributed by atoms with Crippen molar-refractivity contribution in [1.82, 2.24) is 5.32 Å². The van der Waals surface area contributed by atoms with Crippen LogP contribution in [0.15, 0.2) is 48.5 Å². The fraction of sp³-hybridized carbons (Fsp3) is 0.375. The first kappa shape index (κ1) is 22.7. The SMILES string of the molecule is CC(C)S(=O)(=O)Nc1ccccc1/C=C/C(=O)NC1CC2(CCC2)Oc2ccc(Cl)cc21. The van der Waals surface area contributed by atoms with E-state index in [2.05, 4.69) is 10.0 Å². The molecule has 4 rings (SSSR count). The summed E-state index contributed by atoms with van der Waals surface area (Å²) in [6.07, 6.45) is 6.80. The Morgan fingerprint density at radius 3 is 2.66 bits per heavy atom. The Kier molecular flexibility index (Phi) is 6.23. The fourth-order valence-corrected chi connectivity index (χ4v) is 4.95. The smallest absolute Gasteiger partial charge is 0.244 e. The summed E-state index contributed by atoms with van der Waals surface area (Å²) < 4.78 is 33.3. The summed E-state index contributed by atoms with van der Waals surface area (Å²) in [6.45, 7) is 3.22. The van der Waals surface area contributed by atoms with E-state index in [1.807, 2.05) is 12.1 Å². The van der Waals surface area contributed by atoms with Gasteiger partial charge < -0.3 is 10.1 Å². The van der Waals surface area contributed by atoms with E-state index in [0.717, 1.165) is 30.6 Å². The molecule has 1 fully saturated rings. The molecule has 2 aliphatic rings. The number of halogens is 1. The number of ether oxygens (including phenoxy) is 1. The van der Waals surface area contributed by atoms with Crippen LogP contribution in [0.25, 0.3) is 6.08 Å². The number of carbonyl (C=O) groups is 1. The van der Waals surface area contributed by atoms with Gasteiger partial charge in [-0.3, -0.25) is 9.52 Å². The highest BCUT2D eigenvalue weighted by Gasteiger charge is 2.45. The van der Waals surface area contributed by atoms with Gasteiger partial charge in [0.25, 0.3) is 0 Å². The summed E-state index contributed by atoms with van der Waals surface area (Å²) in [7, 11) is -3.49. The molecular formula is C24H27ClN2O4S. The number of hydrogen-bond donors (Lipinski definition) is 2. The van der Waals surface area contributed by atoms with Crippen molar-refractivity contribution >= 4 is 39.3 Å². The summed E-state index contributed by atoms with van der Waals surface area (Å²) in [4.78, 5) is 12.8. The molecule has 1 aliphatic carbocycles. The average Bonchev–Trinajstić information content (AvgIpc) is 2.72. The van der Waals surface area contributed by atoms with Crippen LogP contribution in [0.2, 0.25) is 5.02 Å². The summed E-state index contributed by atoms with van der Waals surface area (Å²) >= 11 is 6.19. The number of anilines is 1. The molecule has 1 atom stereocenters. The molecule has 2 aromatic rings. The Bertz CT molecular complexity index is 1160. The molecule has 32 heavy (non-hydrogen) atoms. The van der Waals surface area contributed by atoms with E-state index >= 15 is 0 Å². The predicted octanol–water partition coefficient (Wildman–Crippen LogP) is 5.07. The molecule has 0 bridgehead atoms. The van der Waals surface area contributed by atoms with E-state index in [1.165, 1.54) is 6.08 Å². The standard InChI is InChI=1S/C24H27ClN2O4S/c1-16(2)32(29,30)27-20-7-4-3-6-17(20)8-11-23(28)26-21-15-24(12-5-13-24)31-22-10-9-18(25)14-19(21)22/h3-4,6-11,14,16,21,27H,5,12-13,15H2,1-2H3,(H,26,28)/b11-8+. The summed E-state index contributed by atoms with van der Waals surface area (Å²) in [6, 6.07) is 12.3. The molecule has 1 aliphatic heterocycles. The highest BCUT2D eigenvalue weighted by atomic mass is 35.5. The van der Waals surface area contributed by atoms with Gasteiger partial charge in [0.15, 0.2) is 0 Å². The number of fused-ring (bicyclic) bond motifs is 1. The molecule has 2 aromatic carbocycles. The van der Waals surface area contributed by atoms with Crippen molar-refractivity contribution in [2.24, 2.45) is 0 Å². The first-order chi connectivity index (χ1) is 15.2. The number of nitrogens with one attached hydrogen (secondary N) is 2. The van der Waals surface area contributed by atoms with Gasteiger partial charge in [-0.15, -0.1) is 0 Å². The molecule has 1 unspecified atom stereocenters. The number of sulfonamides is 1. The van der Waals surface area contributed by atoms with Gasteiger partial charge in [-0.2, -0.15) is 0 Å². The maximum atomic E-state index is 12.8. The van der Waals surface area contributed by atoms with E-state index in [9.17, 15) is 13.2 Å². The topological polar surface area (TPSA) is 84.5 Å². The number of para-hydroxylation sites is 1. The third kappa shape index (κ3) is 4.79. The Morgan fingerprint density at radius 2 is 1.97 bits per heavy atom. The molecule has 170 valence electrons. The van der Waals surface area contributed by atoms with E-state index in [0.29, 0.717) is 22.7 Å². The lowest BCUT2D eigenvalue weighted by Crippen LogP contribution is -2.49. The Morgan fingerprint density at radius 1 is 1.22 bits per heavy atom. The lowest BCUT2D eigenvalue weighted by atomic mass is 9.73. The van der Waals surface area contributed by atoms with Crippen molar-refractivity contribution in [3.63, 3.8) is 0 Å². The zero-order valence-electron chi connectivity index (χ0n) is 18.1. The van der Waals surface area contributed by atoms with E-state index < -0.39 is 15.3 Å². The van der Waals surface area contributed by atoms with Crippen LogP contribution in [0, 0.1) is 0 Å². The fourth-order valence-electron chi connectivity index (χ4n) is 4.04. The zero-order chi connectivity index (χ0) is 22.9. The molecule has 0 aromatic heterocycles. The van der Waals surface area contributed by atoms with Crippen LogP contribution in [0.4, 0.5) is 5.69 Å². The highest BCUT2D eigenvalue weighted by Crippen LogP contribution is 2.49. The average molecular weight is 475 g/mol. The second kappa shape index (κ2) is 8.79. The van der Waals surface area contributed by atoms with E-state index in [1.54, 1.807) is 50.3 Å². The van der Waals surface area contributed by atoms with E-state index in [-0.39, 0.29) is 17.6 Å². The number of amides is 1. The number of hydrogen-bond acceptors (Lipinski definition) is 4. The van der Waals surface area contributed by atoms with Crippen LogP contribution >= 0.6 is 11.6 Å². The third-order valence-corrected chi connectivity index (χ3v) is 8.06. The maximum absolute atomic E-state index is 12.8. The van der Waals surface area contributed by atoms with Crippen molar-refractivity contribution in [2.75, 3.05) is 4.72 Å². The second-order valence-electron chi connectivity index (χ2n) is 8.70. The molecule has 6 nitrogen and oxygen atoms in total. The van der Waals surface area contributed by atoms with Gasteiger partial charge >= 0.3 is 0 Å². The summed E-state index contributed by atoms with van der Waals surface area (Å²) in [5, 5.41) is 3.11. The van der Waals surface area contributed by atoms with Crippen LogP contribution in [-0.2, 0) is 14.8 Å². The van der Waals surface area contributed by atoms with Crippen molar-refractivity contribution in [1.29, 1.82) is 0 Å². The van der Waals surface area contributed by atoms with E-state index in [4.69, 9.17) is 16.3 Å². The number of carbonyl (C=O) groups excluding carboxylic acids is 1. The largest absolute Gasteiger partial charge is 0.487 e. The molecule has 8 heteroatoms. The molecule has 1 saturated carbocycles. The van der Waals surface area contributed by atoms with Crippen molar-refractivity contribution < 1.29 is 17.9 Å². The Hall–Kier alpha value is -2.51. The molecule has 2 N–H and O–H groups in total. The van der Waals surface area contributed by atoms with Crippen LogP contribution in [-0.4, -0.2) is 25.2 Å². The highest BCUT2D eigenvalue weighted by molar-refractivity contribution is 7.93. The molecule has 0 radical (unpaired) electrons. The molecule has 1 heterocycles. The number of rotatable bonds is 6. The molecule has 0 saturated heterocycles. The van der Waals surface area contributed by atoms with Crippen molar-refractivity contribution in [2.45, 2.75) is 56.4 Å². The molecular weight excluding hydrogens is 448 g/mol. The lowest BCUT2D eigenvalue weighted by molar-refractivity contribution is -0.118. The first-order valence-corrected chi connectivity index (χ1v) is 12.7. The minimum atomic E-state index is -3.49.